The molecule has 1 aliphatic heterocycles. The zero-order chi connectivity index (χ0) is 18.0. The van der Waals surface area contributed by atoms with Gasteiger partial charge < -0.3 is 15.1 Å². The molecule has 7 nitrogen and oxygen atoms in total. The number of hydrogen-bond donors (Lipinski definition) is 1. The van der Waals surface area contributed by atoms with Crippen LogP contribution >= 0.6 is 0 Å². The van der Waals surface area contributed by atoms with Crippen LogP contribution in [0.5, 0.6) is 0 Å². The van der Waals surface area contributed by atoms with Crippen LogP contribution in [0.15, 0.2) is 36.7 Å². The number of amides is 3. The maximum atomic E-state index is 12.5. The molecule has 1 aromatic heterocycles. The van der Waals surface area contributed by atoms with Gasteiger partial charge in [0.05, 0.1) is 17.9 Å². The Morgan fingerprint density at radius 2 is 1.96 bits per heavy atom. The monoisotopic (exact) mass is 341 g/mol. The van der Waals surface area contributed by atoms with E-state index in [1.807, 2.05) is 45.2 Å². The molecule has 132 valence electrons. The maximum Gasteiger partial charge on any atom is 0.318 e. The van der Waals surface area contributed by atoms with Gasteiger partial charge in [-0.1, -0.05) is 29.8 Å². The van der Waals surface area contributed by atoms with Gasteiger partial charge in [-0.3, -0.25) is 9.48 Å². The van der Waals surface area contributed by atoms with E-state index in [9.17, 15) is 9.59 Å². The van der Waals surface area contributed by atoms with Crippen LogP contribution in [0, 0.1) is 6.92 Å². The molecule has 3 rings (SSSR count). The number of anilines is 1. The van der Waals surface area contributed by atoms with Crippen LogP contribution in [0.3, 0.4) is 0 Å². The molecule has 0 aliphatic carbocycles. The number of carbonyl (C=O) groups excluding carboxylic acids is 2. The van der Waals surface area contributed by atoms with Crippen LogP contribution in [0.25, 0.3) is 0 Å². The van der Waals surface area contributed by atoms with E-state index in [1.54, 1.807) is 26.9 Å². The van der Waals surface area contributed by atoms with Crippen molar-refractivity contribution in [3.63, 3.8) is 0 Å². The first-order valence-electron chi connectivity index (χ1n) is 8.35. The summed E-state index contributed by atoms with van der Waals surface area (Å²) in [6, 6.07) is 7.73. The Bertz CT molecular complexity index is 768. The fourth-order valence-corrected chi connectivity index (χ4v) is 2.88. The van der Waals surface area contributed by atoms with Crippen molar-refractivity contribution >= 4 is 17.6 Å². The molecule has 3 amide bonds. The zero-order valence-electron chi connectivity index (χ0n) is 14.8. The van der Waals surface area contributed by atoms with Crippen molar-refractivity contribution in [3.05, 3.63) is 47.8 Å². The van der Waals surface area contributed by atoms with E-state index in [0.717, 1.165) is 11.3 Å². The second-order valence-electron chi connectivity index (χ2n) is 6.42. The van der Waals surface area contributed by atoms with E-state index in [0.29, 0.717) is 13.1 Å². The standard InChI is InChI=1S/C18H23N5O2/c1-13-4-6-15(7-5-13)14(2)20-18(25)22-8-9-23(17(24)12-22)16-10-19-21(3)11-16/h4-7,10-11,14H,8-9,12H2,1-3H3,(H,20,25)/t14-/m0/s1. The lowest BCUT2D eigenvalue weighted by Crippen LogP contribution is -2.55. The molecule has 7 heteroatoms. The Morgan fingerprint density at radius 3 is 2.56 bits per heavy atom. The number of nitrogens with one attached hydrogen (secondary N) is 1. The average Bonchev–Trinajstić information content (AvgIpc) is 3.01. The van der Waals surface area contributed by atoms with Gasteiger partial charge in [0.1, 0.15) is 6.54 Å². The molecule has 25 heavy (non-hydrogen) atoms. The molecule has 1 atom stereocenters. The number of urea groups is 1. The van der Waals surface area contributed by atoms with E-state index in [1.165, 1.54) is 5.56 Å². The molecule has 1 aromatic carbocycles. The van der Waals surface area contributed by atoms with Crippen LogP contribution in [0.2, 0.25) is 0 Å². The number of rotatable bonds is 3. The van der Waals surface area contributed by atoms with Crippen molar-refractivity contribution in [2.75, 3.05) is 24.5 Å². The largest absolute Gasteiger partial charge is 0.331 e. The highest BCUT2D eigenvalue weighted by atomic mass is 16.2. The maximum absolute atomic E-state index is 12.5. The van der Waals surface area contributed by atoms with E-state index in [4.69, 9.17) is 0 Å². The fraction of sp³-hybridized carbons (Fsp3) is 0.389. The number of carbonyl (C=O) groups is 2. The van der Waals surface area contributed by atoms with Crippen LogP contribution in [-0.4, -0.2) is 46.3 Å². The molecule has 0 saturated carbocycles. The molecule has 1 saturated heterocycles. The number of nitrogens with zero attached hydrogens (tertiary/aromatic N) is 4. The van der Waals surface area contributed by atoms with Crippen molar-refractivity contribution in [1.29, 1.82) is 0 Å². The van der Waals surface area contributed by atoms with Gasteiger partial charge in [0.15, 0.2) is 0 Å². The molecular weight excluding hydrogens is 318 g/mol. The first-order chi connectivity index (χ1) is 11.9. The highest BCUT2D eigenvalue weighted by Gasteiger charge is 2.29. The first kappa shape index (κ1) is 17.0. The lowest BCUT2D eigenvalue weighted by atomic mass is 10.1. The molecule has 1 aliphatic rings. The third kappa shape index (κ3) is 3.81. The molecular formula is C18H23N5O2. The average molecular weight is 341 g/mol. The third-order valence-electron chi connectivity index (χ3n) is 4.43. The number of benzene rings is 1. The third-order valence-corrected chi connectivity index (χ3v) is 4.43. The Morgan fingerprint density at radius 1 is 1.24 bits per heavy atom. The number of aryl methyl sites for hydroxylation is 2. The number of aromatic nitrogens is 2. The summed E-state index contributed by atoms with van der Waals surface area (Å²) >= 11 is 0. The van der Waals surface area contributed by atoms with Crippen LogP contribution < -0.4 is 10.2 Å². The Balaban J connectivity index is 1.59. The van der Waals surface area contributed by atoms with E-state index in [-0.39, 0.29) is 24.5 Å². The van der Waals surface area contributed by atoms with Gasteiger partial charge in [0.25, 0.3) is 0 Å². The van der Waals surface area contributed by atoms with Gasteiger partial charge in [-0.05, 0) is 19.4 Å². The number of piperazine rings is 1. The molecule has 1 fully saturated rings. The summed E-state index contributed by atoms with van der Waals surface area (Å²) < 4.78 is 1.66. The molecule has 1 N–H and O–H groups in total. The quantitative estimate of drug-likeness (QED) is 0.926. The van der Waals surface area contributed by atoms with Crippen molar-refractivity contribution in [3.8, 4) is 0 Å². The van der Waals surface area contributed by atoms with E-state index < -0.39 is 0 Å². The van der Waals surface area contributed by atoms with Crippen LogP contribution in [0.1, 0.15) is 24.1 Å². The summed E-state index contributed by atoms with van der Waals surface area (Å²) in [6.45, 7) is 5.00. The Kier molecular flexibility index (Phi) is 4.74. The van der Waals surface area contributed by atoms with Gasteiger partial charge in [-0.2, -0.15) is 5.10 Å². The highest BCUT2D eigenvalue weighted by Crippen LogP contribution is 2.17. The molecule has 2 heterocycles. The molecule has 0 unspecified atom stereocenters. The Labute approximate surface area is 147 Å². The number of hydrogen-bond acceptors (Lipinski definition) is 3. The van der Waals surface area contributed by atoms with Gasteiger partial charge in [0.2, 0.25) is 5.91 Å². The van der Waals surface area contributed by atoms with Crippen LogP contribution in [0.4, 0.5) is 10.5 Å². The summed E-state index contributed by atoms with van der Waals surface area (Å²) in [5.74, 6) is -0.0996. The minimum atomic E-state index is -0.215. The highest BCUT2D eigenvalue weighted by molar-refractivity contribution is 5.97. The van der Waals surface area contributed by atoms with Gasteiger partial charge >= 0.3 is 6.03 Å². The zero-order valence-corrected chi connectivity index (χ0v) is 14.8. The summed E-state index contributed by atoms with van der Waals surface area (Å²) in [5.41, 5.74) is 2.99. The lowest BCUT2D eigenvalue weighted by molar-refractivity contribution is -0.120. The SMILES string of the molecule is Cc1ccc([C@H](C)NC(=O)N2CCN(c3cnn(C)c3)C(=O)C2)cc1. The van der Waals surface area contributed by atoms with Crippen molar-refractivity contribution in [2.24, 2.45) is 7.05 Å². The van der Waals surface area contributed by atoms with Gasteiger partial charge in [0, 0.05) is 26.3 Å². The van der Waals surface area contributed by atoms with Gasteiger partial charge in [-0.15, -0.1) is 0 Å². The first-order valence-corrected chi connectivity index (χ1v) is 8.35. The predicted octanol–water partition coefficient (Wildman–Crippen LogP) is 1.85. The van der Waals surface area contributed by atoms with Crippen molar-refractivity contribution in [2.45, 2.75) is 19.9 Å². The fourth-order valence-electron chi connectivity index (χ4n) is 2.88. The minimum absolute atomic E-state index is 0.0708. The smallest absolute Gasteiger partial charge is 0.318 e. The van der Waals surface area contributed by atoms with Crippen molar-refractivity contribution in [1.82, 2.24) is 20.0 Å². The molecule has 0 spiro atoms. The minimum Gasteiger partial charge on any atom is -0.331 e. The van der Waals surface area contributed by atoms with Gasteiger partial charge in [-0.25, -0.2) is 4.79 Å². The summed E-state index contributed by atoms with van der Waals surface area (Å²) in [7, 11) is 1.81. The predicted molar refractivity (Wildman–Crippen MR) is 95.3 cm³/mol. The van der Waals surface area contributed by atoms with E-state index in [2.05, 4.69) is 10.4 Å². The molecule has 0 bridgehead atoms. The van der Waals surface area contributed by atoms with Crippen molar-refractivity contribution < 1.29 is 9.59 Å². The molecule has 0 radical (unpaired) electrons. The summed E-state index contributed by atoms with van der Waals surface area (Å²) in [5, 5.41) is 7.05. The summed E-state index contributed by atoms with van der Waals surface area (Å²) in [4.78, 5) is 28.1. The summed E-state index contributed by atoms with van der Waals surface area (Å²) in [6.07, 6.45) is 3.46. The second kappa shape index (κ2) is 6.96. The van der Waals surface area contributed by atoms with Crippen LogP contribution in [-0.2, 0) is 11.8 Å². The second-order valence-corrected chi connectivity index (χ2v) is 6.42. The van der Waals surface area contributed by atoms with E-state index >= 15 is 0 Å². The molecule has 2 aromatic rings. The normalized spacial score (nSPS) is 16.0. The Hall–Kier alpha value is -2.83. The lowest BCUT2D eigenvalue weighted by Gasteiger charge is -2.34. The topological polar surface area (TPSA) is 70.5 Å².